The number of hydrogen-bond donors (Lipinski definition) is 1. The van der Waals surface area contributed by atoms with Gasteiger partial charge in [-0.15, -0.1) is 0 Å². The average Bonchev–Trinajstić information content (AvgIpc) is 2.27. The van der Waals surface area contributed by atoms with E-state index in [1.165, 1.54) is 29.7 Å². The normalized spacial score (nSPS) is 20.0. The summed E-state index contributed by atoms with van der Waals surface area (Å²) in [7, 11) is 0. The van der Waals surface area contributed by atoms with Crippen LogP contribution in [0.1, 0.15) is 31.4 Å². The monoisotopic (exact) mass is 189 g/mol. The topological polar surface area (TPSA) is 12.0 Å². The van der Waals surface area contributed by atoms with Gasteiger partial charge in [-0.3, -0.25) is 0 Å². The minimum atomic E-state index is 0.828. The molecule has 0 aliphatic carbocycles. The molecule has 14 heavy (non-hydrogen) atoms. The number of anilines is 1. The van der Waals surface area contributed by atoms with Gasteiger partial charge in [-0.2, -0.15) is 0 Å². The SMILES string of the molecule is CCc1ccc2c(c1)CC(CC)CN2. The first-order chi connectivity index (χ1) is 6.83. The first kappa shape index (κ1) is 9.57. The molecule has 1 atom stereocenters. The molecule has 0 saturated heterocycles. The highest BCUT2D eigenvalue weighted by Gasteiger charge is 2.16. The molecule has 1 aromatic rings. The van der Waals surface area contributed by atoms with Gasteiger partial charge in [0, 0.05) is 12.2 Å². The number of benzene rings is 1. The maximum absolute atomic E-state index is 3.51. The van der Waals surface area contributed by atoms with Crippen molar-refractivity contribution in [3.05, 3.63) is 29.3 Å². The van der Waals surface area contributed by atoms with Crippen LogP contribution >= 0.6 is 0 Å². The van der Waals surface area contributed by atoms with Crippen LogP contribution in [0, 0.1) is 5.92 Å². The van der Waals surface area contributed by atoms with E-state index in [4.69, 9.17) is 0 Å². The lowest BCUT2D eigenvalue weighted by Crippen LogP contribution is -2.22. The van der Waals surface area contributed by atoms with Crippen LogP contribution in [0.2, 0.25) is 0 Å². The fourth-order valence-electron chi connectivity index (χ4n) is 2.13. The standard InChI is InChI=1S/C13H19N/c1-3-10-5-6-13-12(7-10)8-11(4-2)9-14-13/h5-7,11,14H,3-4,8-9H2,1-2H3. The predicted molar refractivity (Wildman–Crippen MR) is 61.8 cm³/mol. The van der Waals surface area contributed by atoms with Crippen molar-refractivity contribution in [2.45, 2.75) is 33.1 Å². The molecule has 1 unspecified atom stereocenters. The quantitative estimate of drug-likeness (QED) is 0.753. The van der Waals surface area contributed by atoms with E-state index in [-0.39, 0.29) is 0 Å². The number of fused-ring (bicyclic) bond motifs is 1. The van der Waals surface area contributed by atoms with E-state index in [0.29, 0.717) is 0 Å². The molecule has 1 aliphatic rings. The van der Waals surface area contributed by atoms with Gasteiger partial charge in [-0.1, -0.05) is 32.4 Å². The lowest BCUT2D eigenvalue weighted by molar-refractivity contribution is 0.520. The van der Waals surface area contributed by atoms with E-state index in [2.05, 4.69) is 37.4 Å². The van der Waals surface area contributed by atoms with E-state index in [1.54, 1.807) is 0 Å². The van der Waals surface area contributed by atoms with Gasteiger partial charge in [0.15, 0.2) is 0 Å². The van der Waals surface area contributed by atoms with Gasteiger partial charge in [0.1, 0.15) is 0 Å². The molecule has 0 amide bonds. The Kier molecular flexibility index (Phi) is 2.76. The van der Waals surface area contributed by atoms with E-state index >= 15 is 0 Å². The Morgan fingerprint density at radius 1 is 1.36 bits per heavy atom. The minimum absolute atomic E-state index is 0.828. The van der Waals surface area contributed by atoms with Gasteiger partial charge in [-0.25, -0.2) is 0 Å². The van der Waals surface area contributed by atoms with Crippen molar-refractivity contribution >= 4 is 5.69 Å². The third-order valence-corrected chi connectivity index (χ3v) is 3.25. The van der Waals surface area contributed by atoms with Gasteiger partial charge < -0.3 is 5.32 Å². The maximum Gasteiger partial charge on any atom is 0.0373 e. The molecule has 0 saturated carbocycles. The van der Waals surface area contributed by atoms with Crippen molar-refractivity contribution in [1.29, 1.82) is 0 Å². The summed E-state index contributed by atoms with van der Waals surface area (Å²) in [5, 5.41) is 3.51. The van der Waals surface area contributed by atoms with Crippen molar-refractivity contribution in [2.75, 3.05) is 11.9 Å². The van der Waals surface area contributed by atoms with Gasteiger partial charge in [0.25, 0.3) is 0 Å². The number of rotatable bonds is 2. The molecule has 0 radical (unpaired) electrons. The van der Waals surface area contributed by atoms with Gasteiger partial charge >= 0.3 is 0 Å². The Labute approximate surface area is 86.5 Å². The Bertz CT molecular complexity index is 317. The highest BCUT2D eigenvalue weighted by atomic mass is 14.9. The lowest BCUT2D eigenvalue weighted by Gasteiger charge is -2.25. The van der Waals surface area contributed by atoms with Crippen molar-refractivity contribution in [2.24, 2.45) is 5.92 Å². The largest absolute Gasteiger partial charge is 0.385 e. The van der Waals surface area contributed by atoms with E-state index < -0.39 is 0 Å². The second-order valence-corrected chi connectivity index (χ2v) is 4.20. The van der Waals surface area contributed by atoms with E-state index in [1.807, 2.05) is 0 Å². The smallest absolute Gasteiger partial charge is 0.0373 e. The summed E-state index contributed by atoms with van der Waals surface area (Å²) in [6, 6.07) is 6.84. The van der Waals surface area contributed by atoms with E-state index in [0.717, 1.165) is 18.9 Å². The Morgan fingerprint density at radius 2 is 2.21 bits per heavy atom. The lowest BCUT2D eigenvalue weighted by atomic mass is 9.91. The zero-order valence-electron chi connectivity index (χ0n) is 9.14. The predicted octanol–water partition coefficient (Wildman–Crippen LogP) is 3.24. The van der Waals surface area contributed by atoms with Crippen LogP contribution in [0.4, 0.5) is 5.69 Å². The van der Waals surface area contributed by atoms with Crippen molar-refractivity contribution in [3.63, 3.8) is 0 Å². The summed E-state index contributed by atoms with van der Waals surface area (Å²) >= 11 is 0. The zero-order valence-corrected chi connectivity index (χ0v) is 9.14. The molecule has 1 aromatic carbocycles. The Balaban J connectivity index is 2.25. The van der Waals surface area contributed by atoms with Gasteiger partial charge in [-0.05, 0) is 36.0 Å². The number of hydrogen-bond acceptors (Lipinski definition) is 1. The average molecular weight is 189 g/mol. The summed E-state index contributed by atoms with van der Waals surface area (Å²) in [5.41, 5.74) is 4.33. The molecular formula is C13H19N. The van der Waals surface area contributed by atoms with Crippen molar-refractivity contribution in [1.82, 2.24) is 0 Å². The van der Waals surface area contributed by atoms with Crippen LogP contribution in [-0.4, -0.2) is 6.54 Å². The van der Waals surface area contributed by atoms with Crippen molar-refractivity contribution in [3.8, 4) is 0 Å². The molecule has 2 rings (SSSR count). The Morgan fingerprint density at radius 3 is 2.93 bits per heavy atom. The molecule has 1 heteroatoms. The molecule has 0 aromatic heterocycles. The summed E-state index contributed by atoms with van der Waals surface area (Å²) < 4.78 is 0. The van der Waals surface area contributed by atoms with Crippen molar-refractivity contribution < 1.29 is 0 Å². The van der Waals surface area contributed by atoms with Crippen LogP contribution in [0.25, 0.3) is 0 Å². The number of aryl methyl sites for hydroxylation is 1. The fourth-order valence-corrected chi connectivity index (χ4v) is 2.13. The third-order valence-electron chi connectivity index (χ3n) is 3.25. The number of nitrogens with one attached hydrogen (secondary N) is 1. The van der Waals surface area contributed by atoms with Crippen LogP contribution in [0.5, 0.6) is 0 Å². The van der Waals surface area contributed by atoms with Gasteiger partial charge in [0.05, 0.1) is 0 Å². The second kappa shape index (κ2) is 4.04. The summed E-state index contributed by atoms with van der Waals surface area (Å²) in [4.78, 5) is 0. The van der Waals surface area contributed by atoms with Crippen LogP contribution < -0.4 is 5.32 Å². The van der Waals surface area contributed by atoms with Crippen LogP contribution in [0.15, 0.2) is 18.2 Å². The zero-order chi connectivity index (χ0) is 9.97. The molecule has 1 aliphatic heterocycles. The summed E-state index contributed by atoms with van der Waals surface area (Å²) in [6.45, 7) is 5.64. The molecular weight excluding hydrogens is 170 g/mol. The third kappa shape index (κ3) is 1.77. The molecule has 0 spiro atoms. The molecule has 1 heterocycles. The maximum atomic E-state index is 3.51. The first-order valence-corrected chi connectivity index (χ1v) is 5.69. The molecule has 0 bridgehead atoms. The molecule has 1 N–H and O–H groups in total. The highest BCUT2D eigenvalue weighted by molar-refractivity contribution is 5.54. The summed E-state index contributed by atoms with van der Waals surface area (Å²) in [6.07, 6.45) is 3.68. The molecule has 0 fully saturated rings. The molecule has 1 nitrogen and oxygen atoms in total. The fraction of sp³-hybridized carbons (Fsp3) is 0.538. The van der Waals surface area contributed by atoms with Crippen LogP contribution in [0.3, 0.4) is 0 Å². The summed E-state index contributed by atoms with van der Waals surface area (Å²) in [5.74, 6) is 0.828. The Hall–Kier alpha value is -0.980. The second-order valence-electron chi connectivity index (χ2n) is 4.20. The van der Waals surface area contributed by atoms with E-state index in [9.17, 15) is 0 Å². The molecule has 76 valence electrons. The first-order valence-electron chi connectivity index (χ1n) is 5.69. The van der Waals surface area contributed by atoms with Crippen LogP contribution in [-0.2, 0) is 12.8 Å². The highest BCUT2D eigenvalue weighted by Crippen LogP contribution is 2.27. The minimum Gasteiger partial charge on any atom is -0.385 e. The van der Waals surface area contributed by atoms with Gasteiger partial charge in [0.2, 0.25) is 0 Å².